The molecule has 4 aliphatic heterocycles. The molecule has 2 fully saturated rings. The van der Waals surface area contributed by atoms with Gasteiger partial charge in [-0.3, -0.25) is 24.1 Å². The Balaban J connectivity index is 1.41. The van der Waals surface area contributed by atoms with Crippen LogP contribution in [0.2, 0.25) is 18.6 Å². The van der Waals surface area contributed by atoms with Crippen LogP contribution in [0.1, 0.15) is 51.0 Å². The van der Waals surface area contributed by atoms with E-state index in [1.54, 1.807) is 32.9 Å². The fourth-order valence-corrected chi connectivity index (χ4v) is 10.9. The summed E-state index contributed by atoms with van der Waals surface area (Å²) in [6, 6.07) is 12.5. The lowest BCUT2D eigenvalue weighted by molar-refractivity contribution is -0.150. The van der Waals surface area contributed by atoms with Crippen LogP contribution in [-0.2, 0) is 34.3 Å². The molecule has 12 nitrogen and oxygen atoms in total. The molecule has 2 aromatic carbocycles. The molecule has 258 valence electrons. The van der Waals surface area contributed by atoms with Gasteiger partial charge in [-0.25, -0.2) is 0 Å². The van der Waals surface area contributed by atoms with Crippen LogP contribution < -0.4 is 14.5 Å². The number of ether oxygens (including phenoxy) is 3. The summed E-state index contributed by atoms with van der Waals surface area (Å²) in [5.74, 6) is -0.986. The molecule has 0 saturated carbocycles. The largest absolute Gasteiger partial charge is 0.482 e. The molecule has 1 spiro atoms. The maximum atomic E-state index is 14.8. The number of para-hydroxylation sites is 2. The van der Waals surface area contributed by atoms with E-state index in [4.69, 9.17) is 14.2 Å². The van der Waals surface area contributed by atoms with Gasteiger partial charge in [0.2, 0.25) is 5.91 Å². The summed E-state index contributed by atoms with van der Waals surface area (Å²) in [7, 11) is -1.70. The molecule has 0 aliphatic carbocycles. The lowest BCUT2D eigenvalue weighted by Crippen LogP contribution is -2.46. The Morgan fingerprint density at radius 2 is 1.88 bits per heavy atom. The van der Waals surface area contributed by atoms with E-state index < -0.39 is 31.5 Å². The second-order valence-corrected chi connectivity index (χ2v) is 17.8. The highest BCUT2D eigenvalue weighted by molar-refractivity contribution is 6.71. The van der Waals surface area contributed by atoms with Gasteiger partial charge in [0.15, 0.2) is 20.5 Å². The number of anilines is 3. The van der Waals surface area contributed by atoms with Crippen molar-refractivity contribution in [3.63, 3.8) is 0 Å². The lowest BCUT2D eigenvalue weighted by Gasteiger charge is -2.33. The molecule has 3 amide bonds. The van der Waals surface area contributed by atoms with Gasteiger partial charge in [0.25, 0.3) is 11.8 Å². The molecule has 5 atom stereocenters. The summed E-state index contributed by atoms with van der Waals surface area (Å²) >= 11 is 0. The zero-order chi connectivity index (χ0) is 34.4. The van der Waals surface area contributed by atoms with E-state index in [0.29, 0.717) is 54.3 Å². The van der Waals surface area contributed by atoms with Gasteiger partial charge >= 0.3 is 5.97 Å². The van der Waals surface area contributed by atoms with Crippen LogP contribution in [-0.4, -0.2) is 92.4 Å². The number of hydrogen-bond acceptors (Lipinski definition) is 9. The van der Waals surface area contributed by atoms with E-state index in [9.17, 15) is 29.1 Å². The van der Waals surface area contributed by atoms with Crippen molar-refractivity contribution in [1.82, 2.24) is 4.90 Å². The fourth-order valence-electron chi connectivity index (χ4n) is 8.30. The van der Waals surface area contributed by atoms with Gasteiger partial charge in [-0.1, -0.05) is 19.1 Å². The number of aliphatic hydroxyl groups excluding tert-OH is 1. The highest BCUT2D eigenvalue weighted by Gasteiger charge is 2.66. The van der Waals surface area contributed by atoms with Crippen molar-refractivity contribution >= 4 is 49.1 Å². The molecule has 4 heterocycles. The van der Waals surface area contributed by atoms with E-state index >= 15 is 0 Å². The Labute approximate surface area is 281 Å². The Hall–Kier alpha value is -3.78. The maximum Gasteiger partial charge on any atom is 0.305 e. The number of carbonyl (C=O) groups excluding carboxylic acids is 4. The van der Waals surface area contributed by atoms with Gasteiger partial charge in [0.1, 0.15) is 5.75 Å². The number of nitrogens with zero attached hydrogens (tertiary/aromatic N) is 3. The maximum absolute atomic E-state index is 14.8. The minimum Gasteiger partial charge on any atom is -0.482 e. The van der Waals surface area contributed by atoms with E-state index in [1.165, 1.54) is 7.11 Å². The summed E-state index contributed by atoms with van der Waals surface area (Å²) in [4.78, 5) is 70.2. The summed E-state index contributed by atoms with van der Waals surface area (Å²) in [5.41, 5.74) is 0.348. The van der Waals surface area contributed by atoms with Gasteiger partial charge in [-0.05, 0) is 69.1 Å². The van der Waals surface area contributed by atoms with Gasteiger partial charge < -0.3 is 33.9 Å². The molecule has 13 heteroatoms. The quantitative estimate of drug-likeness (QED) is 0.219. The SMILES string of the molecule is COC(=O)CCCCN1C(=O)[C@@]2(O[C@@H](CC(=O)N3CCC[C@H]3CO)[C@H]([Si](C)(C)O)[C@H]2C)c2cc(N3C(=O)COc4ccccc43)ccc21. The normalized spacial score (nSPS) is 26.6. The number of hydrogen-bond donors (Lipinski definition) is 2. The van der Waals surface area contributed by atoms with Crippen LogP contribution >= 0.6 is 0 Å². The van der Waals surface area contributed by atoms with Crippen LogP contribution in [0.5, 0.6) is 5.75 Å². The molecule has 2 saturated heterocycles. The first-order valence-corrected chi connectivity index (χ1v) is 19.8. The standard InChI is InChI=1S/C35H45N3O9Si/c1-22-33(48(3,4)44)29(19-30(40)36-17-9-10-24(36)20-39)47-35(22)25-18-23(38-27-11-5-6-12-28(27)46-21-31(38)41)14-15-26(25)37(34(35)43)16-8-7-13-32(42)45-2/h5-6,11-12,14-15,18,22,24,29,33,39,44H,7-10,13,16-17,19-21H2,1-4H3/t22-,24+,29+,33-,35+/m1/s1. The zero-order valence-corrected chi connectivity index (χ0v) is 29.0. The van der Waals surface area contributed by atoms with Crippen molar-refractivity contribution < 1.29 is 43.3 Å². The van der Waals surface area contributed by atoms with E-state index in [2.05, 4.69) is 0 Å². The number of likely N-dealkylation sites (tertiary alicyclic amines) is 1. The molecule has 6 rings (SSSR count). The zero-order valence-electron chi connectivity index (χ0n) is 28.0. The first-order valence-electron chi connectivity index (χ1n) is 16.8. The van der Waals surface area contributed by atoms with E-state index in [0.717, 1.165) is 12.8 Å². The predicted molar refractivity (Wildman–Crippen MR) is 179 cm³/mol. The van der Waals surface area contributed by atoms with Gasteiger partial charge in [0.05, 0.1) is 43.7 Å². The van der Waals surface area contributed by atoms with Gasteiger partial charge in [-0.2, -0.15) is 0 Å². The third kappa shape index (κ3) is 5.80. The first kappa shape index (κ1) is 34.1. The number of carbonyl (C=O) groups is 4. The molecular formula is C35H45N3O9Si. The van der Waals surface area contributed by atoms with Crippen LogP contribution in [0, 0.1) is 5.92 Å². The van der Waals surface area contributed by atoms with E-state index in [-0.39, 0.29) is 55.8 Å². The average Bonchev–Trinajstić information content (AvgIpc) is 3.72. The smallest absolute Gasteiger partial charge is 0.305 e. The Morgan fingerprint density at radius 1 is 1.10 bits per heavy atom. The third-order valence-corrected chi connectivity index (χ3v) is 13.0. The number of benzene rings is 2. The molecule has 2 aromatic rings. The minimum atomic E-state index is -3.05. The van der Waals surface area contributed by atoms with E-state index in [1.807, 2.05) is 44.3 Å². The monoisotopic (exact) mass is 679 g/mol. The third-order valence-electron chi connectivity index (χ3n) is 10.5. The second-order valence-electron chi connectivity index (χ2n) is 13.8. The van der Waals surface area contributed by atoms with Crippen molar-refractivity contribution in [2.24, 2.45) is 5.92 Å². The summed E-state index contributed by atoms with van der Waals surface area (Å²) in [6.45, 7) is 6.14. The van der Waals surface area contributed by atoms with Crippen molar-refractivity contribution in [2.75, 3.05) is 43.2 Å². The molecule has 48 heavy (non-hydrogen) atoms. The number of fused-ring (bicyclic) bond motifs is 3. The number of amides is 3. The number of unbranched alkanes of at least 4 members (excludes halogenated alkanes) is 1. The first-order chi connectivity index (χ1) is 22.9. The fraction of sp³-hybridized carbons (Fsp3) is 0.543. The summed E-state index contributed by atoms with van der Waals surface area (Å²) in [5, 5.41) is 9.89. The minimum absolute atomic E-state index is 0.0268. The Kier molecular flexibility index (Phi) is 9.42. The van der Waals surface area contributed by atoms with Gasteiger partial charge in [0, 0.05) is 42.2 Å². The van der Waals surface area contributed by atoms with Crippen LogP contribution in [0.4, 0.5) is 17.1 Å². The summed E-state index contributed by atoms with van der Waals surface area (Å²) in [6.07, 6.45) is 2.03. The van der Waals surface area contributed by atoms with Crippen molar-refractivity contribution in [3.05, 3.63) is 48.0 Å². The summed E-state index contributed by atoms with van der Waals surface area (Å²) < 4.78 is 17.4. The van der Waals surface area contributed by atoms with Crippen LogP contribution in [0.15, 0.2) is 42.5 Å². The number of methoxy groups -OCH3 is 1. The molecule has 2 N–H and O–H groups in total. The number of rotatable bonds is 10. The van der Waals surface area contributed by atoms with Crippen LogP contribution in [0.3, 0.4) is 0 Å². The molecule has 0 bridgehead atoms. The van der Waals surface area contributed by atoms with Crippen molar-refractivity contribution in [1.29, 1.82) is 0 Å². The number of aliphatic hydroxyl groups is 1. The highest BCUT2D eigenvalue weighted by atomic mass is 28.4. The highest BCUT2D eigenvalue weighted by Crippen LogP contribution is 2.60. The predicted octanol–water partition coefficient (Wildman–Crippen LogP) is 3.60. The molecular weight excluding hydrogens is 634 g/mol. The molecule has 0 radical (unpaired) electrons. The van der Waals surface area contributed by atoms with Crippen LogP contribution in [0.25, 0.3) is 0 Å². The van der Waals surface area contributed by atoms with Crippen molar-refractivity contribution in [3.8, 4) is 5.75 Å². The molecule has 0 unspecified atom stereocenters. The second kappa shape index (κ2) is 13.3. The topological polar surface area (TPSA) is 146 Å². The van der Waals surface area contributed by atoms with Gasteiger partial charge in [-0.15, -0.1) is 0 Å². The Bertz CT molecular complexity index is 1600. The molecule has 0 aromatic heterocycles. The van der Waals surface area contributed by atoms with Crippen molar-refractivity contribution in [2.45, 2.75) is 81.8 Å². The average molecular weight is 680 g/mol. The Morgan fingerprint density at radius 3 is 2.60 bits per heavy atom. The lowest BCUT2D eigenvalue weighted by atomic mass is 9.82. The number of esters is 1. The molecule has 4 aliphatic rings.